The summed E-state index contributed by atoms with van der Waals surface area (Å²) >= 11 is 1.48. The highest BCUT2D eigenvalue weighted by molar-refractivity contribution is 7.22. The van der Waals surface area contributed by atoms with Crippen molar-refractivity contribution in [1.29, 1.82) is 0 Å². The topological polar surface area (TPSA) is 91.7 Å². The van der Waals surface area contributed by atoms with Gasteiger partial charge in [-0.1, -0.05) is 30.3 Å². The van der Waals surface area contributed by atoms with Crippen LogP contribution in [0.4, 0.5) is 0 Å². The third-order valence-electron chi connectivity index (χ3n) is 5.48. The first-order chi connectivity index (χ1) is 16.5. The van der Waals surface area contributed by atoms with E-state index in [2.05, 4.69) is 10.3 Å². The van der Waals surface area contributed by atoms with Crippen molar-refractivity contribution in [2.24, 2.45) is 0 Å². The summed E-state index contributed by atoms with van der Waals surface area (Å²) in [5.74, 6) is 1.17. The fourth-order valence-electron chi connectivity index (χ4n) is 3.79. The second-order valence-electron chi connectivity index (χ2n) is 7.59. The molecule has 0 unspecified atom stereocenters. The van der Waals surface area contributed by atoms with Crippen LogP contribution in [0, 0.1) is 6.92 Å². The highest BCUT2D eigenvalue weighted by Gasteiger charge is 2.17. The number of carbonyl (C=O) groups is 1. The fraction of sp³-hybridized carbons (Fsp3) is 0.240. The summed E-state index contributed by atoms with van der Waals surface area (Å²) in [6, 6.07) is 13.4. The van der Waals surface area contributed by atoms with Crippen LogP contribution in [0.1, 0.15) is 11.1 Å². The molecule has 2 heterocycles. The second-order valence-corrected chi connectivity index (χ2v) is 8.59. The number of nitrogens with one attached hydrogen (secondary N) is 1. The number of ether oxygens (including phenoxy) is 3. The number of nitrogens with zero attached hydrogens (tertiary/aromatic N) is 2. The number of hydrogen-bond donors (Lipinski definition) is 1. The maximum atomic E-state index is 13.1. The molecule has 176 valence electrons. The van der Waals surface area contributed by atoms with Gasteiger partial charge in [0.15, 0.2) is 11.5 Å². The minimum atomic E-state index is -0.312. The Bertz CT molecular complexity index is 1370. The van der Waals surface area contributed by atoms with E-state index in [9.17, 15) is 9.59 Å². The number of hydrogen-bond acceptors (Lipinski definition) is 7. The highest BCUT2D eigenvalue weighted by atomic mass is 32.1. The SMILES string of the molecule is COc1cc(CNC(=O)Cn2cnc3sc(-c4ccccc4)c(C)c3c2=O)cc(OC)c1OC. The van der Waals surface area contributed by atoms with Gasteiger partial charge < -0.3 is 19.5 Å². The summed E-state index contributed by atoms with van der Waals surface area (Å²) in [5, 5.41) is 3.38. The quantitative estimate of drug-likeness (QED) is 0.414. The van der Waals surface area contributed by atoms with Crippen LogP contribution in [0.15, 0.2) is 53.6 Å². The molecule has 1 amide bonds. The molecule has 4 rings (SSSR count). The molecule has 0 aliphatic heterocycles. The van der Waals surface area contributed by atoms with Crippen LogP contribution in [0.3, 0.4) is 0 Å². The van der Waals surface area contributed by atoms with Gasteiger partial charge >= 0.3 is 0 Å². The normalized spacial score (nSPS) is 10.8. The van der Waals surface area contributed by atoms with E-state index in [0.717, 1.165) is 21.6 Å². The van der Waals surface area contributed by atoms with E-state index in [0.29, 0.717) is 27.5 Å². The monoisotopic (exact) mass is 479 g/mol. The van der Waals surface area contributed by atoms with E-state index in [-0.39, 0.29) is 24.6 Å². The van der Waals surface area contributed by atoms with Gasteiger partial charge in [0.2, 0.25) is 11.7 Å². The molecule has 0 saturated heterocycles. The van der Waals surface area contributed by atoms with Crippen molar-refractivity contribution >= 4 is 27.5 Å². The minimum Gasteiger partial charge on any atom is -0.493 e. The minimum absolute atomic E-state index is 0.137. The van der Waals surface area contributed by atoms with Crippen LogP contribution in [0.2, 0.25) is 0 Å². The number of rotatable bonds is 8. The summed E-state index contributed by atoms with van der Waals surface area (Å²) in [5.41, 5.74) is 2.45. The molecule has 8 nitrogen and oxygen atoms in total. The molecule has 0 saturated carbocycles. The number of aryl methyl sites for hydroxylation is 1. The number of methoxy groups -OCH3 is 3. The summed E-state index contributed by atoms with van der Waals surface area (Å²) < 4.78 is 17.4. The number of thiophene rings is 1. The van der Waals surface area contributed by atoms with E-state index in [4.69, 9.17) is 14.2 Å². The summed E-state index contributed by atoms with van der Waals surface area (Å²) in [7, 11) is 4.60. The van der Waals surface area contributed by atoms with Crippen molar-refractivity contribution < 1.29 is 19.0 Å². The van der Waals surface area contributed by atoms with Crippen molar-refractivity contribution in [3.63, 3.8) is 0 Å². The van der Waals surface area contributed by atoms with E-state index >= 15 is 0 Å². The van der Waals surface area contributed by atoms with Crippen molar-refractivity contribution in [1.82, 2.24) is 14.9 Å². The Labute approximate surface area is 200 Å². The Kier molecular flexibility index (Phi) is 6.83. The third-order valence-corrected chi connectivity index (χ3v) is 6.73. The number of carbonyl (C=O) groups excluding carboxylic acids is 1. The van der Waals surface area contributed by atoms with Crippen LogP contribution in [-0.2, 0) is 17.9 Å². The molecule has 2 aromatic heterocycles. The first-order valence-electron chi connectivity index (χ1n) is 10.6. The van der Waals surface area contributed by atoms with Gasteiger partial charge in [0, 0.05) is 11.4 Å². The average molecular weight is 480 g/mol. The Morgan fingerprint density at radius 3 is 2.35 bits per heavy atom. The van der Waals surface area contributed by atoms with Crippen LogP contribution < -0.4 is 25.1 Å². The Balaban J connectivity index is 1.53. The van der Waals surface area contributed by atoms with Gasteiger partial charge in [0.05, 0.1) is 33.0 Å². The average Bonchev–Trinajstić information content (AvgIpc) is 3.21. The molecular weight excluding hydrogens is 454 g/mol. The molecular formula is C25H25N3O5S. The summed E-state index contributed by atoms with van der Waals surface area (Å²) in [6.45, 7) is 2.01. The molecule has 0 atom stereocenters. The lowest BCUT2D eigenvalue weighted by molar-refractivity contribution is -0.121. The molecule has 4 aromatic rings. The van der Waals surface area contributed by atoms with Gasteiger partial charge in [-0.05, 0) is 35.7 Å². The zero-order valence-electron chi connectivity index (χ0n) is 19.4. The molecule has 9 heteroatoms. The predicted octanol–water partition coefficient (Wildman–Crippen LogP) is 3.78. The van der Waals surface area contributed by atoms with E-state index in [1.165, 1.54) is 43.6 Å². The number of fused-ring (bicyclic) bond motifs is 1. The summed E-state index contributed by atoms with van der Waals surface area (Å²) in [6.07, 6.45) is 1.42. The number of aromatic nitrogens is 2. The Hall–Kier alpha value is -3.85. The Morgan fingerprint density at radius 2 is 1.74 bits per heavy atom. The maximum Gasteiger partial charge on any atom is 0.262 e. The molecule has 0 aliphatic rings. The predicted molar refractivity (Wildman–Crippen MR) is 132 cm³/mol. The van der Waals surface area contributed by atoms with Gasteiger partial charge in [0.25, 0.3) is 5.56 Å². The van der Waals surface area contributed by atoms with Gasteiger partial charge in [0.1, 0.15) is 11.4 Å². The first kappa shape index (κ1) is 23.3. The molecule has 0 bridgehead atoms. The zero-order valence-corrected chi connectivity index (χ0v) is 20.2. The van der Waals surface area contributed by atoms with Crippen LogP contribution in [0.25, 0.3) is 20.7 Å². The van der Waals surface area contributed by atoms with E-state index < -0.39 is 0 Å². The maximum absolute atomic E-state index is 13.1. The van der Waals surface area contributed by atoms with Crippen molar-refractivity contribution in [2.75, 3.05) is 21.3 Å². The lowest BCUT2D eigenvalue weighted by Gasteiger charge is -2.14. The van der Waals surface area contributed by atoms with Crippen LogP contribution in [0.5, 0.6) is 17.2 Å². The number of amides is 1. The second kappa shape index (κ2) is 9.96. The molecule has 0 radical (unpaired) electrons. The van der Waals surface area contributed by atoms with Crippen molar-refractivity contribution in [3.8, 4) is 27.7 Å². The highest BCUT2D eigenvalue weighted by Crippen LogP contribution is 2.38. The lowest BCUT2D eigenvalue weighted by atomic mass is 10.1. The van der Waals surface area contributed by atoms with E-state index in [1.807, 2.05) is 37.3 Å². The molecule has 1 N–H and O–H groups in total. The zero-order chi connectivity index (χ0) is 24.2. The van der Waals surface area contributed by atoms with Crippen LogP contribution in [-0.4, -0.2) is 36.8 Å². The van der Waals surface area contributed by atoms with Gasteiger partial charge in [-0.25, -0.2) is 4.98 Å². The smallest absolute Gasteiger partial charge is 0.262 e. The standard InChI is InChI=1S/C25H25N3O5S/c1-15-21-24(34-23(15)17-8-6-5-7-9-17)27-14-28(25(21)30)13-20(29)26-12-16-10-18(31-2)22(33-4)19(11-16)32-3/h5-11,14H,12-13H2,1-4H3,(H,26,29). The fourth-order valence-corrected chi connectivity index (χ4v) is 4.93. The molecule has 2 aromatic carbocycles. The lowest BCUT2D eigenvalue weighted by Crippen LogP contribution is -2.32. The van der Waals surface area contributed by atoms with Gasteiger partial charge in [-0.2, -0.15) is 0 Å². The Morgan fingerprint density at radius 1 is 1.06 bits per heavy atom. The first-order valence-corrected chi connectivity index (χ1v) is 11.4. The van der Waals surface area contributed by atoms with Crippen molar-refractivity contribution in [3.05, 3.63) is 70.3 Å². The van der Waals surface area contributed by atoms with Gasteiger partial charge in [-0.3, -0.25) is 14.2 Å². The van der Waals surface area contributed by atoms with Crippen LogP contribution >= 0.6 is 11.3 Å². The van der Waals surface area contributed by atoms with E-state index in [1.54, 1.807) is 12.1 Å². The van der Waals surface area contributed by atoms with Crippen molar-refractivity contribution in [2.45, 2.75) is 20.0 Å². The molecule has 0 aliphatic carbocycles. The molecule has 34 heavy (non-hydrogen) atoms. The summed E-state index contributed by atoms with van der Waals surface area (Å²) in [4.78, 5) is 31.9. The van der Waals surface area contributed by atoms with Gasteiger partial charge in [-0.15, -0.1) is 11.3 Å². The molecule has 0 fully saturated rings. The number of benzene rings is 2. The third kappa shape index (κ3) is 4.47. The molecule has 0 spiro atoms. The largest absolute Gasteiger partial charge is 0.493 e.